The maximum atomic E-state index is 13.3. The highest BCUT2D eigenvalue weighted by Crippen LogP contribution is 2.39. The minimum Gasteiger partial charge on any atom is -0.385 e. The lowest BCUT2D eigenvalue weighted by Crippen LogP contribution is -2.54. The minimum atomic E-state index is -1.13. The van der Waals surface area contributed by atoms with E-state index in [4.69, 9.17) is 16.3 Å². The number of amides is 2. The van der Waals surface area contributed by atoms with E-state index in [-0.39, 0.29) is 18.0 Å². The number of aromatic nitrogens is 1. The summed E-state index contributed by atoms with van der Waals surface area (Å²) in [4.78, 5) is 19.7. The lowest BCUT2D eigenvalue weighted by atomic mass is 9.76. The van der Waals surface area contributed by atoms with Crippen LogP contribution in [0.4, 0.5) is 4.79 Å². The number of piperidine rings is 1. The average Bonchev–Trinajstić information content (AvgIpc) is 2.87. The molecule has 1 aromatic rings. The van der Waals surface area contributed by atoms with E-state index in [1.54, 1.807) is 25.4 Å². The largest absolute Gasteiger partial charge is 0.385 e. The van der Waals surface area contributed by atoms with Crippen molar-refractivity contribution in [2.45, 2.75) is 82.3 Å². The number of hydrogen-bond acceptors (Lipinski definition) is 5. The molecule has 0 spiro atoms. The van der Waals surface area contributed by atoms with Crippen molar-refractivity contribution in [3.63, 3.8) is 0 Å². The number of ether oxygens (including phenoxy) is 1. The fraction of sp³-hybridized carbons (Fsp3) is 0.778. The van der Waals surface area contributed by atoms with Crippen molar-refractivity contribution in [2.75, 3.05) is 40.4 Å². The Hall–Kier alpha value is -1.41. The van der Waals surface area contributed by atoms with Gasteiger partial charge in [-0.15, -0.1) is 0 Å². The maximum Gasteiger partial charge on any atom is 0.317 e. The fourth-order valence-corrected chi connectivity index (χ4v) is 6.07. The molecule has 1 aliphatic heterocycles. The van der Waals surface area contributed by atoms with Gasteiger partial charge >= 0.3 is 6.03 Å². The van der Waals surface area contributed by atoms with Gasteiger partial charge in [-0.3, -0.25) is 4.98 Å². The number of carbonyl (C=O) groups is 1. The molecule has 7 nitrogen and oxygen atoms in total. The number of likely N-dealkylation sites (tertiary alicyclic amines) is 1. The van der Waals surface area contributed by atoms with Crippen LogP contribution in [0.15, 0.2) is 18.3 Å². The van der Waals surface area contributed by atoms with Gasteiger partial charge in [-0.25, -0.2) is 4.79 Å². The first-order chi connectivity index (χ1) is 17.0. The van der Waals surface area contributed by atoms with Crippen molar-refractivity contribution in [3.8, 4) is 0 Å². The zero-order chi connectivity index (χ0) is 25.1. The summed E-state index contributed by atoms with van der Waals surface area (Å²) in [5.74, 6) is 0.596. The van der Waals surface area contributed by atoms with E-state index in [0.29, 0.717) is 42.8 Å². The zero-order valence-corrected chi connectivity index (χ0v) is 22.4. The van der Waals surface area contributed by atoms with E-state index in [9.17, 15) is 9.90 Å². The maximum absolute atomic E-state index is 13.3. The van der Waals surface area contributed by atoms with Crippen molar-refractivity contribution in [1.29, 1.82) is 0 Å². The number of nitrogens with zero attached hydrogens (tertiary/aromatic N) is 2. The minimum absolute atomic E-state index is 0.0217. The third kappa shape index (κ3) is 8.31. The number of likely N-dealkylation sites (N-methyl/N-ethyl adjacent to an activating group) is 1. The van der Waals surface area contributed by atoms with Crippen molar-refractivity contribution < 1.29 is 14.6 Å². The van der Waals surface area contributed by atoms with Crippen LogP contribution in [-0.4, -0.2) is 67.5 Å². The van der Waals surface area contributed by atoms with Gasteiger partial charge in [-0.1, -0.05) is 43.7 Å². The summed E-state index contributed by atoms with van der Waals surface area (Å²) in [5, 5.41) is 19.1. The molecule has 3 N–H and O–H groups in total. The number of unbranched alkanes of at least 4 members (excludes halogenated alkanes) is 1. The van der Waals surface area contributed by atoms with Crippen molar-refractivity contribution >= 4 is 17.6 Å². The summed E-state index contributed by atoms with van der Waals surface area (Å²) >= 11 is 6.27. The van der Waals surface area contributed by atoms with Gasteiger partial charge in [0.2, 0.25) is 0 Å². The van der Waals surface area contributed by atoms with Crippen LogP contribution in [0, 0.1) is 11.8 Å². The average molecular weight is 509 g/mol. The lowest BCUT2D eigenvalue weighted by molar-refractivity contribution is -0.0596. The van der Waals surface area contributed by atoms with Gasteiger partial charge in [0.25, 0.3) is 0 Å². The van der Waals surface area contributed by atoms with Crippen LogP contribution in [0.5, 0.6) is 0 Å². The monoisotopic (exact) mass is 508 g/mol. The third-order valence-corrected chi connectivity index (χ3v) is 8.06. The normalized spacial score (nSPS) is 21.9. The molecule has 3 rings (SSSR count). The van der Waals surface area contributed by atoms with E-state index in [0.717, 1.165) is 38.6 Å². The molecule has 1 aliphatic carbocycles. The van der Waals surface area contributed by atoms with Crippen LogP contribution in [-0.2, 0) is 10.3 Å². The third-order valence-electron chi connectivity index (χ3n) is 7.83. The molecule has 1 aromatic heterocycles. The van der Waals surface area contributed by atoms with Crippen LogP contribution in [0.25, 0.3) is 0 Å². The predicted molar refractivity (Wildman–Crippen MR) is 141 cm³/mol. The lowest BCUT2D eigenvalue weighted by Gasteiger charge is -2.42. The molecule has 1 saturated carbocycles. The first-order valence-corrected chi connectivity index (χ1v) is 13.9. The predicted octanol–water partition coefficient (Wildman–Crippen LogP) is 4.72. The van der Waals surface area contributed by atoms with E-state index in [1.807, 2.05) is 11.9 Å². The summed E-state index contributed by atoms with van der Waals surface area (Å²) in [6.07, 6.45) is 13.1. The van der Waals surface area contributed by atoms with Crippen LogP contribution >= 0.6 is 11.6 Å². The molecule has 2 fully saturated rings. The van der Waals surface area contributed by atoms with Crippen LogP contribution < -0.4 is 10.6 Å². The fourth-order valence-electron chi connectivity index (χ4n) is 5.91. The second-order valence-electron chi connectivity index (χ2n) is 10.5. The number of aliphatic hydroxyl groups is 1. The quantitative estimate of drug-likeness (QED) is 0.356. The molecule has 3 atom stereocenters. The SMILES string of the molecule is CNCC(CC1CCCCC1)NC(=O)N1CCCC(C(O)(CCCCOC)c2cc(Cl)ccn2)C1. The smallest absolute Gasteiger partial charge is 0.317 e. The van der Waals surface area contributed by atoms with Crippen LogP contribution in [0.1, 0.15) is 76.3 Å². The summed E-state index contributed by atoms with van der Waals surface area (Å²) in [6.45, 7) is 2.65. The Morgan fingerprint density at radius 1 is 1.29 bits per heavy atom. The highest BCUT2D eigenvalue weighted by molar-refractivity contribution is 6.30. The highest BCUT2D eigenvalue weighted by atomic mass is 35.5. The molecule has 0 radical (unpaired) electrons. The van der Waals surface area contributed by atoms with Gasteiger partial charge in [-0.05, 0) is 63.6 Å². The van der Waals surface area contributed by atoms with E-state index in [2.05, 4.69) is 15.6 Å². The van der Waals surface area contributed by atoms with Crippen molar-refractivity contribution in [2.24, 2.45) is 11.8 Å². The second-order valence-corrected chi connectivity index (χ2v) is 10.9. The van der Waals surface area contributed by atoms with Gasteiger partial charge in [0.1, 0.15) is 5.60 Å². The van der Waals surface area contributed by atoms with E-state index in [1.165, 1.54) is 32.1 Å². The molecule has 35 heavy (non-hydrogen) atoms. The number of urea groups is 1. The number of carbonyl (C=O) groups excluding carboxylic acids is 1. The summed E-state index contributed by atoms with van der Waals surface area (Å²) < 4.78 is 5.20. The Kier molecular flexibility index (Phi) is 11.6. The van der Waals surface area contributed by atoms with Gasteiger partial charge in [0.05, 0.1) is 5.69 Å². The van der Waals surface area contributed by atoms with Crippen molar-refractivity contribution in [1.82, 2.24) is 20.5 Å². The molecule has 0 aromatic carbocycles. The Labute approximate surface area is 216 Å². The molecular weight excluding hydrogens is 464 g/mol. The summed E-state index contributed by atoms with van der Waals surface area (Å²) in [6, 6.07) is 3.60. The van der Waals surface area contributed by atoms with Gasteiger partial charge in [0.15, 0.2) is 0 Å². The number of methoxy groups -OCH3 is 1. The first kappa shape index (κ1) is 28.2. The molecule has 0 bridgehead atoms. The highest BCUT2D eigenvalue weighted by Gasteiger charge is 2.42. The van der Waals surface area contributed by atoms with Crippen molar-refractivity contribution in [3.05, 3.63) is 29.0 Å². The van der Waals surface area contributed by atoms with Gasteiger partial charge in [-0.2, -0.15) is 0 Å². The molecule has 1 saturated heterocycles. The second kappa shape index (κ2) is 14.4. The Morgan fingerprint density at radius 3 is 2.80 bits per heavy atom. The molecule has 198 valence electrons. The van der Waals surface area contributed by atoms with E-state index < -0.39 is 5.60 Å². The van der Waals surface area contributed by atoms with E-state index >= 15 is 0 Å². The standard InChI is InChI=1S/C27H45ClN4O3/c1-29-19-24(17-21-9-4-3-5-10-21)31-26(33)32-15-8-11-22(20-32)27(34,13-6-7-16-35-2)25-18-23(28)12-14-30-25/h12,14,18,21-22,24,29,34H,3-11,13,15-17,19-20H2,1-2H3,(H,31,33). The number of nitrogens with one attached hydrogen (secondary N) is 2. The molecular formula is C27H45ClN4O3. The number of halogens is 1. The number of hydrogen-bond donors (Lipinski definition) is 3. The zero-order valence-electron chi connectivity index (χ0n) is 21.6. The van der Waals surface area contributed by atoms with Gasteiger partial charge < -0.3 is 25.4 Å². The Bertz CT molecular complexity index is 777. The molecule has 3 unspecified atom stereocenters. The van der Waals surface area contributed by atoms with Crippen LogP contribution in [0.3, 0.4) is 0 Å². The molecule has 2 aliphatic rings. The molecule has 2 amide bonds. The Morgan fingerprint density at radius 2 is 2.09 bits per heavy atom. The molecule has 8 heteroatoms. The molecule has 2 heterocycles. The topological polar surface area (TPSA) is 86.7 Å². The van der Waals surface area contributed by atoms with Crippen LogP contribution in [0.2, 0.25) is 5.02 Å². The summed E-state index contributed by atoms with van der Waals surface area (Å²) in [5.41, 5.74) is -0.538. The number of rotatable bonds is 12. The first-order valence-electron chi connectivity index (χ1n) is 13.5. The Balaban J connectivity index is 1.67. The number of pyridine rings is 1. The summed E-state index contributed by atoms with van der Waals surface area (Å²) in [7, 11) is 3.64. The van der Waals surface area contributed by atoms with Gasteiger partial charge in [0, 0.05) is 56.5 Å².